The number of hydrogen-bond acceptors (Lipinski definition) is 5. The van der Waals surface area contributed by atoms with E-state index < -0.39 is 17.8 Å². The molecule has 0 saturated carbocycles. The Morgan fingerprint density at radius 2 is 1.42 bits per heavy atom. The predicted molar refractivity (Wildman–Crippen MR) is 84.4 cm³/mol. The minimum Gasteiger partial charge on any atom is -0.508 e. The third-order valence-electron chi connectivity index (χ3n) is 3.70. The Morgan fingerprint density at radius 1 is 0.917 bits per heavy atom. The zero-order valence-corrected chi connectivity index (χ0v) is 12.8. The van der Waals surface area contributed by atoms with Gasteiger partial charge in [0.2, 0.25) is 0 Å². The summed E-state index contributed by atoms with van der Waals surface area (Å²) >= 11 is 0. The second-order valence-electron chi connectivity index (χ2n) is 5.47. The third kappa shape index (κ3) is 3.43. The van der Waals surface area contributed by atoms with E-state index in [9.17, 15) is 19.5 Å². The lowest BCUT2D eigenvalue weighted by atomic mass is 10.0. The normalized spacial score (nSPS) is 14.1. The molecule has 0 aliphatic carbocycles. The molecule has 0 radical (unpaired) electrons. The first-order valence-electron chi connectivity index (χ1n) is 7.48. The summed E-state index contributed by atoms with van der Waals surface area (Å²) in [6.45, 7) is 0. The number of carbonyl (C=O) groups excluding carboxylic acids is 3. The van der Waals surface area contributed by atoms with Gasteiger partial charge in [-0.1, -0.05) is 36.4 Å². The van der Waals surface area contributed by atoms with Crippen LogP contribution in [-0.2, 0) is 25.6 Å². The minimum atomic E-state index is -0.656. The number of amides is 2. The summed E-state index contributed by atoms with van der Waals surface area (Å²) in [7, 11) is 0. The van der Waals surface area contributed by atoms with Gasteiger partial charge in [0.25, 0.3) is 11.8 Å². The highest BCUT2D eigenvalue weighted by Crippen LogP contribution is 2.22. The van der Waals surface area contributed by atoms with Crippen molar-refractivity contribution >= 4 is 17.8 Å². The van der Waals surface area contributed by atoms with Crippen LogP contribution in [0.3, 0.4) is 0 Å². The molecule has 1 aliphatic rings. The average molecular weight is 325 g/mol. The monoisotopic (exact) mass is 325 g/mol. The molecular formula is C18H15NO5. The summed E-state index contributed by atoms with van der Waals surface area (Å²) in [6.07, 6.45) is 0.119. The number of aromatic hydroxyl groups is 1. The first kappa shape index (κ1) is 15.7. The van der Waals surface area contributed by atoms with Gasteiger partial charge in [0.1, 0.15) is 5.75 Å². The van der Waals surface area contributed by atoms with E-state index in [0.717, 1.165) is 11.1 Å². The second kappa shape index (κ2) is 6.54. The first-order valence-corrected chi connectivity index (χ1v) is 7.48. The average Bonchev–Trinajstić information content (AvgIpc) is 2.88. The van der Waals surface area contributed by atoms with E-state index in [1.54, 1.807) is 36.4 Å². The highest BCUT2D eigenvalue weighted by atomic mass is 16.7. The number of nitrogens with zero attached hydrogens (tertiary/aromatic N) is 1. The van der Waals surface area contributed by atoms with Crippen molar-refractivity contribution in [1.82, 2.24) is 5.06 Å². The summed E-state index contributed by atoms with van der Waals surface area (Å²) in [4.78, 5) is 39.5. The molecule has 3 rings (SSSR count). The Morgan fingerprint density at radius 3 is 1.96 bits per heavy atom. The van der Waals surface area contributed by atoms with Crippen LogP contribution in [0, 0.1) is 0 Å². The number of carbonyl (C=O) groups is 3. The Labute approximate surface area is 138 Å². The van der Waals surface area contributed by atoms with E-state index in [1.807, 2.05) is 12.1 Å². The fraction of sp³-hybridized carbons (Fsp3) is 0.167. The SMILES string of the molecule is O=C(Cc1ccc(-c2ccc(O)cc2)cc1)ON1C(=O)CCC1=O. The zero-order chi connectivity index (χ0) is 17.1. The summed E-state index contributed by atoms with van der Waals surface area (Å²) in [5.74, 6) is -1.44. The van der Waals surface area contributed by atoms with E-state index in [2.05, 4.69) is 0 Å². The fourth-order valence-electron chi connectivity index (χ4n) is 2.43. The molecule has 1 saturated heterocycles. The van der Waals surface area contributed by atoms with Crippen molar-refractivity contribution in [3.63, 3.8) is 0 Å². The Kier molecular flexibility index (Phi) is 4.29. The maximum atomic E-state index is 11.9. The van der Waals surface area contributed by atoms with Crippen molar-refractivity contribution in [2.45, 2.75) is 19.3 Å². The lowest BCUT2D eigenvalue weighted by Crippen LogP contribution is -2.32. The minimum absolute atomic E-state index is 0.0348. The van der Waals surface area contributed by atoms with Crippen LogP contribution in [0.15, 0.2) is 48.5 Å². The Bertz CT molecular complexity index is 764. The lowest BCUT2D eigenvalue weighted by molar-refractivity contribution is -0.197. The maximum absolute atomic E-state index is 11.9. The van der Waals surface area contributed by atoms with Gasteiger partial charge in [0.05, 0.1) is 6.42 Å². The van der Waals surface area contributed by atoms with E-state index in [1.165, 1.54) is 0 Å². The highest BCUT2D eigenvalue weighted by molar-refractivity contribution is 6.01. The number of imide groups is 1. The van der Waals surface area contributed by atoms with Crippen LogP contribution in [0.5, 0.6) is 5.75 Å². The van der Waals surface area contributed by atoms with Gasteiger partial charge in [-0.2, -0.15) is 0 Å². The van der Waals surface area contributed by atoms with Gasteiger partial charge in [-0.05, 0) is 28.8 Å². The van der Waals surface area contributed by atoms with Crippen LogP contribution in [-0.4, -0.2) is 28.0 Å². The second-order valence-corrected chi connectivity index (χ2v) is 5.47. The van der Waals surface area contributed by atoms with E-state index in [4.69, 9.17) is 4.84 Å². The van der Waals surface area contributed by atoms with Crippen LogP contribution in [0.2, 0.25) is 0 Å². The summed E-state index contributed by atoms with van der Waals surface area (Å²) in [5, 5.41) is 9.85. The van der Waals surface area contributed by atoms with Crippen molar-refractivity contribution in [3.05, 3.63) is 54.1 Å². The topological polar surface area (TPSA) is 83.9 Å². The quantitative estimate of drug-likeness (QED) is 0.871. The number of rotatable bonds is 4. The summed E-state index contributed by atoms with van der Waals surface area (Å²) < 4.78 is 0. The zero-order valence-electron chi connectivity index (χ0n) is 12.8. The van der Waals surface area contributed by atoms with Crippen molar-refractivity contribution in [2.75, 3.05) is 0 Å². The van der Waals surface area contributed by atoms with Crippen molar-refractivity contribution < 1.29 is 24.3 Å². The first-order chi connectivity index (χ1) is 11.5. The summed E-state index contributed by atoms with van der Waals surface area (Å²) in [5.41, 5.74) is 2.59. The molecule has 1 aliphatic heterocycles. The van der Waals surface area contributed by atoms with Crippen LogP contribution in [0.25, 0.3) is 11.1 Å². The molecule has 0 spiro atoms. The molecule has 0 unspecified atom stereocenters. The molecule has 6 heteroatoms. The molecule has 2 amide bonds. The van der Waals surface area contributed by atoms with Gasteiger partial charge in [-0.25, -0.2) is 4.79 Å². The Hall–Kier alpha value is -3.15. The van der Waals surface area contributed by atoms with Gasteiger partial charge >= 0.3 is 5.97 Å². The highest BCUT2D eigenvalue weighted by Gasteiger charge is 2.32. The molecule has 0 atom stereocenters. The van der Waals surface area contributed by atoms with Gasteiger partial charge in [0, 0.05) is 12.8 Å². The Balaban J connectivity index is 1.63. The van der Waals surface area contributed by atoms with Gasteiger partial charge in [-0.15, -0.1) is 5.06 Å². The molecule has 2 aromatic rings. The maximum Gasteiger partial charge on any atom is 0.337 e. The van der Waals surface area contributed by atoms with Crippen LogP contribution >= 0.6 is 0 Å². The molecule has 2 aromatic carbocycles. The van der Waals surface area contributed by atoms with Gasteiger partial charge in [-0.3, -0.25) is 9.59 Å². The number of hydroxylamine groups is 2. The number of phenols is 1. The number of hydrogen-bond donors (Lipinski definition) is 1. The third-order valence-corrected chi connectivity index (χ3v) is 3.70. The van der Waals surface area contributed by atoms with Crippen LogP contribution in [0.4, 0.5) is 0 Å². The summed E-state index contributed by atoms with van der Waals surface area (Å²) in [6, 6.07) is 14.0. The van der Waals surface area contributed by atoms with E-state index in [-0.39, 0.29) is 25.0 Å². The fourth-order valence-corrected chi connectivity index (χ4v) is 2.43. The van der Waals surface area contributed by atoms with Crippen molar-refractivity contribution in [1.29, 1.82) is 0 Å². The molecule has 1 fully saturated rings. The molecule has 0 bridgehead atoms. The standard InChI is InChI=1S/C18H15NO5/c20-15-7-5-14(6-8-15)13-3-1-12(2-4-13)11-18(23)24-19-16(21)9-10-17(19)22/h1-8,20H,9-11H2. The van der Waals surface area contributed by atoms with Gasteiger partial charge in [0.15, 0.2) is 0 Å². The molecule has 1 N–H and O–H groups in total. The lowest BCUT2D eigenvalue weighted by Gasteiger charge is -2.12. The van der Waals surface area contributed by atoms with Crippen LogP contribution in [0.1, 0.15) is 18.4 Å². The van der Waals surface area contributed by atoms with Crippen LogP contribution < -0.4 is 0 Å². The molecule has 1 heterocycles. The molecule has 122 valence electrons. The molecule has 6 nitrogen and oxygen atoms in total. The van der Waals surface area contributed by atoms with E-state index >= 15 is 0 Å². The smallest absolute Gasteiger partial charge is 0.337 e. The van der Waals surface area contributed by atoms with Crippen molar-refractivity contribution in [2.24, 2.45) is 0 Å². The van der Waals surface area contributed by atoms with Gasteiger partial charge < -0.3 is 9.94 Å². The molecule has 24 heavy (non-hydrogen) atoms. The number of benzene rings is 2. The molecular weight excluding hydrogens is 310 g/mol. The number of phenolic OH excluding ortho intramolecular Hbond substituents is 1. The van der Waals surface area contributed by atoms with Crippen molar-refractivity contribution in [3.8, 4) is 16.9 Å². The largest absolute Gasteiger partial charge is 0.508 e. The van der Waals surface area contributed by atoms with E-state index in [0.29, 0.717) is 10.6 Å². The predicted octanol–water partition coefficient (Wildman–Crippen LogP) is 2.21. The molecule has 0 aromatic heterocycles.